The van der Waals surface area contributed by atoms with Crippen molar-refractivity contribution < 1.29 is 19.1 Å². The fraction of sp³-hybridized carbons (Fsp3) is 0.381. The summed E-state index contributed by atoms with van der Waals surface area (Å²) in [5.74, 6) is 0.629. The van der Waals surface area contributed by atoms with Crippen molar-refractivity contribution in [2.75, 3.05) is 44.7 Å². The number of hydrogen-bond donors (Lipinski definition) is 1. The summed E-state index contributed by atoms with van der Waals surface area (Å²) in [6.07, 6.45) is 2.89. The highest BCUT2D eigenvalue weighted by Gasteiger charge is 2.25. The van der Waals surface area contributed by atoms with Crippen LogP contribution in [0.1, 0.15) is 24.2 Å². The van der Waals surface area contributed by atoms with Crippen LogP contribution in [0.3, 0.4) is 0 Å². The topological polar surface area (TPSA) is 84.0 Å². The molecular weight excluding hydrogens is 372 g/mol. The molecule has 0 saturated carbocycles. The molecule has 154 valence electrons. The predicted molar refractivity (Wildman–Crippen MR) is 110 cm³/mol. The van der Waals surface area contributed by atoms with Gasteiger partial charge >= 0.3 is 6.09 Å². The second kappa shape index (κ2) is 9.77. The van der Waals surface area contributed by atoms with E-state index in [1.165, 1.54) is 0 Å². The lowest BCUT2D eigenvalue weighted by molar-refractivity contribution is 0.0570. The number of nitrogens with zero attached hydrogens (tertiary/aromatic N) is 3. The average Bonchev–Trinajstić information content (AvgIpc) is 2.75. The monoisotopic (exact) mass is 398 g/mol. The van der Waals surface area contributed by atoms with Crippen LogP contribution in [0.4, 0.5) is 16.2 Å². The first kappa shape index (κ1) is 20.4. The number of benzene rings is 1. The van der Waals surface area contributed by atoms with Crippen molar-refractivity contribution in [3.63, 3.8) is 0 Å². The van der Waals surface area contributed by atoms with E-state index in [9.17, 15) is 9.59 Å². The number of carbonyl (C=O) groups excluding carboxylic acids is 2. The first-order valence-corrected chi connectivity index (χ1v) is 9.77. The molecule has 0 radical (unpaired) electrons. The van der Waals surface area contributed by atoms with Gasteiger partial charge in [-0.2, -0.15) is 0 Å². The first-order chi connectivity index (χ1) is 14.1. The maximum Gasteiger partial charge on any atom is 0.409 e. The number of rotatable bonds is 6. The van der Waals surface area contributed by atoms with Gasteiger partial charge in [0.05, 0.1) is 36.3 Å². The molecule has 1 aliphatic rings. The average molecular weight is 398 g/mol. The van der Waals surface area contributed by atoms with Crippen molar-refractivity contribution in [1.82, 2.24) is 14.8 Å². The second-order valence-electron chi connectivity index (χ2n) is 6.49. The van der Waals surface area contributed by atoms with Gasteiger partial charge < -0.3 is 24.6 Å². The Morgan fingerprint density at radius 1 is 1.03 bits per heavy atom. The molecule has 2 amide bonds. The van der Waals surface area contributed by atoms with E-state index in [0.29, 0.717) is 50.6 Å². The largest absolute Gasteiger partial charge is 0.492 e. The van der Waals surface area contributed by atoms with Crippen LogP contribution in [0.15, 0.2) is 42.7 Å². The van der Waals surface area contributed by atoms with E-state index in [2.05, 4.69) is 10.3 Å². The summed E-state index contributed by atoms with van der Waals surface area (Å²) >= 11 is 0. The predicted octanol–water partition coefficient (Wildman–Crippen LogP) is 3.14. The summed E-state index contributed by atoms with van der Waals surface area (Å²) in [6, 6.07) is 9.39. The molecule has 1 N–H and O–H groups in total. The van der Waals surface area contributed by atoms with Gasteiger partial charge in [0, 0.05) is 32.4 Å². The Kier molecular flexibility index (Phi) is 6.89. The molecule has 1 aliphatic heterocycles. The molecule has 2 aromatic rings. The number of nitrogens with one attached hydrogen (secondary N) is 1. The van der Waals surface area contributed by atoms with E-state index in [-0.39, 0.29) is 12.0 Å². The molecule has 0 unspecified atom stereocenters. The summed E-state index contributed by atoms with van der Waals surface area (Å²) in [4.78, 5) is 32.2. The third kappa shape index (κ3) is 5.16. The number of aromatic nitrogens is 1. The molecule has 29 heavy (non-hydrogen) atoms. The highest BCUT2D eigenvalue weighted by Crippen LogP contribution is 2.27. The zero-order valence-electron chi connectivity index (χ0n) is 16.8. The van der Waals surface area contributed by atoms with Gasteiger partial charge in [-0.25, -0.2) is 4.79 Å². The molecule has 3 rings (SSSR count). The maximum absolute atomic E-state index is 12.9. The third-order valence-electron chi connectivity index (χ3n) is 4.54. The molecular formula is C21H26N4O4. The van der Waals surface area contributed by atoms with Crippen molar-refractivity contribution in [3.05, 3.63) is 48.3 Å². The number of anilines is 2. The third-order valence-corrected chi connectivity index (χ3v) is 4.54. The Balaban J connectivity index is 1.65. The molecule has 0 bridgehead atoms. The molecule has 1 saturated heterocycles. The van der Waals surface area contributed by atoms with Gasteiger partial charge in [-0.3, -0.25) is 9.78 Å². The minimum atomic E-state index is -0.333. The Morgan fingerprint density at radius 2 is 1.76 bits per heavy atom. The summed E-state index contributed by atoms with van der Waals surface area (Å²) in [6.45, 7) is 6.45. The number of carbonyl (C=O) groups is 2. The highest BCUT2D eigenvalue weighted by molar-refractivity contribution is 5.95. The number of amides is 2. The number of ether oxygens (including phenoxy) is 2. The van der Waals surface area contributed by atoms with Crippen molar-refractivity contribution >= 4 is 23.4 Å². The van der Waals surface area contributed by atoms with Gasteiger partial charge in [0.25, 0.3) is 5.91 Å². The minimum Gasteiger partial charge on any atom is -0.492 e. The molecule has 1 aromatic carbocycles. The van der Waals surface area contributed by atoms with Gasteiger partial charge in [-0.1, -0.05) is 12.1 Å². The molecule has 8 heteroatoms. The lowest BCUT2D eigenvalue weighted by Gasteiger charge is -2.34. The lowest BCUT2D eigenvalue weighted by Crippen LogP contribution is -2.50. The van der Waals surface area contributed by atoms with Crippen LogP contribution in [-0.2, 0) is 4.74 Å². The standard InChI is InChI=1S/C21H26N4O4/c1-3-28-19-8-6-5-7-18(19)23-17-13-16(14-22-15-17)20(26)24-9-11-25(12-10-24)21(27)29-4-2/h5-8,13-15,23H,3-4,9-12H2,1-2H3. The molecule has 1 fully saturated rings. The van der Waals surface area contributed by atoms with Gasteiger partial charge in [0.2, 0.25) is 0 Å². The zero-order chi connectivity index (χ0) is 20.6. The highest BCUT2D eigenvalue weighted by atomic mass is 16.6. The van der Waals surface area contributed by atoms with Crippen LogP contribution in [0.25, 0.3) is 0 Å². The van der Waals surface area contributed by atoms with Crippen LogP contribution in [-0.4, -0.2) is 66.2 Å². The van der Waals surface area contributed by atoms with E-state index >= 15 is 0 Å². The fourth-order valence-electron chi connectivity index (χ4n) is 3.12. The normalized spacial score (nSPS) is 13.7. The number of piperazine rings is 1. The molecule has 2 heterocycles. The van der Waals surface area contributed by atoms with Crippen molar-refractivity contribution in [1.29, 1.82) is 0 Å². The molecule has 0 atom stereocenters. The van der Waals surface area contributed by atoms with Crippen LogP contribution in [0.5, 0.6) is 5.75 Å². The van der Waals surface area contributed by atoms with E-state index in [1.54, 1.807) is 35.2 Å². The van der Waals surface area contributed by atoms with E-state index in [4.69, 9.17) is 9.47 Å². The van der Waals surface area contributed by atoms with Gasteiger partial charge in [-0.05, 0) is 32.0 Å². The number of pyridine rings is 1. The summed E-state index contributed by atoms with van der Waals surface area (Å²) in [7, 11) is 0. The second-order valence-corrected chi connectivity index (χ2v) is 6.49. The number of hydrogen-bond acceptors (Lipinski definition) is 6. The number of para-hydroxylation sites is 2. The maximum atomic E-state index is 12.9. The van der Waals surface area contributed by atoms with Crippen LogP contribution in [0.2, 0.25) is 0 Å². The quantitative estimate of drug-likeness (QED) is 0.805. The smallest absolute Gasteiger partial charge is 0.409 e. The van der Waals surface area contributed by atoms with Crippen molar-refractivity contribution in [2.24, 2.45) is 0 Å². The Hall–Kier alpha value is -3.29. The van der Waals surface area contributed by atoms with Crippen LogP contribution >= 0.6 is 0 Å². The SMILES string of the molecule is CCOC(=O)N1CCN(C(=O)c2cncc(Nc3ccccc3OCC)c2)CC1. The van der Waals surface area contributed by atoms with Crippen LogP contribution in [0, 0.1) is 0 Å². The van der Waals surface area contributed by atoms with E-state index in [1.807, 2.05) is 31.2 Å². The van der Waals surface area contributed by atoms with Crippen molar-refractivity contribution in [2.45, 2.75) is 13.8 Å². The lowest BCUT2D eigenvalue weighted by atomic mass is 10.2. The van der Waals surface area contributed by atoms with E-state index in [0.717, 1.165) is 11.4 Å². The zero-order valence-corrected chi connectivity index (χ0v) is 16.8. The Labute approximate surface area is 170 Å². The molecule has 0 aliphatic carbocycles. The van der Waals surface area contributed by atoms with Crippen LogP contribution < -0.4 is 10.1 Å². The Morgan fingerprint density at radius 3 is 2.48 bits per heavy atom. The molecule has 1 aromatic heterocycles. The van der Waals surface area contributed by atoms with Gasteiger partial charge in [-0.15, -0.1) is 0 Å². The van der Waals surface area contributed by atoms with Gasteiger partial charge in [0.1, 0.15) is 5.75 Å². The summed E-state index contributed by atoms with van der Waals surface area (Å²) < 4.78 is 10.6. The summed E-state index contributed by atoms with van der Waals surface area (Å²) in [5, 5.41) is 3.26. The first-order valence-electron chi connectivity index (χ1n) is 9.77. The summed E-state index contributed by atoms with van der Waals surface area (Å²) in [5.41, 5.74) is 2.01. The Bertz CT molecular complexity index is 850. The van der Waals surface area contributed by atoms with Gasteiger partial charge in [0.15, 0.2) is 0 Å². The fourth-order valence-corrected chi connectivity index (χ4v) is 3.12. The molecule has 0 spiro atoms. The molecule has 8 nitrogen and oxygen atoms in total. The minimum absolute atomic E-state index is 0.109. The van der Waals surface area contributed by atoms with E-state index < -0.39 is 0 Å². The van der Waals surface area contributed by atoms with Crippen molar-refractivity contribution in [3.8, 4) is 5.75 Å².